The number of benzene rings is 3. The molecule has 28 heavy (non-hydrogen) atoms. The average molecular weight is 368 g/mol. The summed E-state index contributed by atoms with van der Waals surface area (Å²) in [5.74, 6) is -0.112. The first kappa shape index (κ1) is 17.6. The molecule has 0 spiro atoms. The van der Waals surface area contributed by atoms with Gasteiger partial charge in [-0.15, -0.1) is 0 Å². The van der Waals surface area contributed by atoms with Gasteiger partial charge in [-0.25, -0.2) is 9.38 Å². The van der Waals surface area contributed by atoms with Gasteiger partial charge in [-0.2, -0.15) is 0 Å². The lowest BCUT2D eigenvalue weighted by Gasteiger charge is -2.16. The molecular weight excluding hydrogens is 351 g/mol. The van der Waals surface area contributed by atoms with E-state index >= 15 is 0 Å². The van der Waals surface area contributed by atoms with Crippen LogP contribution in [0.4, 0.5) is 10.1 Å². The Morgan fingerprint density at radius 2 is 1.36 bits per heavy atom. The van der Waals surface area contributed by atoms with Crippen LogP contribution >= 0.6 is 0 Å². The van der Waals surface area contributed by atoms with E-state index in [0.29, 0.717) is 17.2 Å². The van der Waals surface area contributed by atoms with E-state index in [4.69, 9.17) is 0 Å². The number of carbonyl (C=O) groups excluding carboxylic acids is 1. The molecule has 4 heteroatoms. The first-order valence-electron chi connectivity index (χ1n) is 8.89. The normalized spacial score (nSPS) is 15.5. The summed E-state index contributed by atoms with van der Waals surface area (Å²) >= 11 is 0. The molecular formula is C24H17FN2O. The fourth-order valence-corrected chi connectivity index (χ4v) is 2.93. The Bertz CT molecular complexity index is 1070. The zero-order valence-corrected chi connectivity index (χ0v) is 15.0. The smallest absolute Gasteiger partial charge is 0.266 e. The zero-order valence-electron chi connectivity index (χ0n) is 15.0. The minimum Gasteiger partial charge on any atom is -0.266 e. The van der Waals surface area contributed by atoms with E-state index in [1.165, 1.54) is 17.0 Å². The highest BCUT2D eigenvalue weighted by Crippen LogP contribution is 2.26. The summed E-state index contributed by atoms with van der Waals surface area (Å²) in [5, 5.41) is 0. The fourth-order valence-electron chi connectivity index (χ4n) is 2.93. The molecule has 0 fully saturated rings. The quantitative estimate of drug-likeness (QED) is 0.573. The molecule has 0 saturated carbocycles. The summed E-state index contributed by atoms with van der Waals surface area (Å²) in [6.45, 7) is 0. The highest BCUT2D eigenvalue weighted by Gasteiger charge is 2.30. The predicted molar refractivity (Wildman–Crippen MR) is 111 cm³/mol. The van der Waals surface area contributed by atoms with Gasteiger partial charge in [0.25, 0.3) is 5.91 Å². The van der Waals surface area contributed by atoms with Crippen molar-refractivity contribution in [2.45, 2.75) is 0 Å². The Balaban J connectivity index is 1.73. The van der Waals surface area contributed by atoms with Gasteiger partial charge in [-0.3, -0.25) is 9.69 Å². The molecule has 0 N–H and O–H groups in total. The van der Waals surface area contributed by atoms with Gasteiger partial charge in [0, 0.05) is 0 Å². The molecule has 0 saturated heterocycles. The maximum Gasteiger partial charge on any atom is 0.282 e. The summed E-state index contributed by atoms with van der Waals surface area (Å²) in [7, 11) is 0. The van der Waals surface area contributed by atoms with Crippen LogP contribution in [0.5, 0.6) is 0 Å². The maximum atomic E-state index is 13.3. The highest BCUT2D eigenvalue weighted by molar-refractivity contribution is 6.32. The van der Waals surface area contributed by atoms with Gasteiger partial charge in [-0.1, -0.05) is 66.7 Å². The third-order valence-corrected chi connectivity index (χ3v) is 4.30. The van der Waals surface area contributed by atoms with Crippen LogP contribution in [0.1, 0.15) is 11.1 Å². The highest BCUT2D eigenvalue weighted by atomic mass is 19.1. The molecule has 136 valence electrons. The van der Waals surface area contributed by atoms with E-state index in [2.05, 4.69) is 4.99 Å². The fraction of sp³-hybridized carbons (Fsp3) is 0. The maximum absolute atomic E-state index is 13.3. The summed E-state index contributed by atoms with van der Waals surface area (Å²) < 4.78 is 13.3. The number of rotatable bonds is 4. The van der Waals surface area contributed by atoms with Crippen LogP contribution in [0.25, 0.3) is 12.2 Å². The van der Waals surface area contributed by atoms with Crippen molar-refractivity contribution in [1.29, 1.82) is 0 Å². The van der Waals surface area contributed by atoms with Crippen molar-refractivity contribution in [3.63, 3.8) is 0 Å². The Labute approximate surface area is 162 Å². The molecule has 4 rings (SSSR count). The van der Waals surface area contributed by atoms with Gasteiger partial charge >= 0.3 is 0 Å². The first-order valence-corrected chi connectivity index (χ1v) is 8.89. The van der Waals surface area contributed by atoms with Crippen molar-refractivity contribution in [1.82, 2.24) is 0 Å². The SMILES string of the molecule is O=C1/C(=C/c2ccccc2)N=C(/C=C/c2ccccc2)N1c1ccc(F)cc1. The molecule has 1 heterocycles. The molecule has 0 atom stereocenters. The van der Waals surface area contributed by atoms with Gasteiger partial charge in [0.05, 0.1) is 5.69 Å². The molecule has 3 nitrogen and oxygen atoms in total. The average Bonchev–Trinajstić information content (AvgIpc) is 3.04. The second kappa shape index (κ2) is 7.84. The number of halogens is 1. The van der Waals surface area contributed by atoms with E-state index in [0.717, 1.165) is 11.1 Å². The first-order chi connectivity index (χ1) is 13.7. The van der Waals surface area contributed by atoms with Crippen molar-refractivity contribution in [3.05, 3.63) is 114 Å². The van der Waals surface area contributed by atoms with Gasteiger partial charge in [0.15, 0.2) is 0 Å². The van der Waals surface area contributed by atoms with Crippen molar-refractivity contribution < 1.29 is 9.18 Å². The van der Waals surface area contributed by atoms with Crippen LogP contribution in [0.15, 0.2) is 102 Å². The van der Waals surface area contributed by atoms with Gasteiger partial charge in [-0.05, 0) is 47.5 Å². The van der Waals surface area contributed by atoms with Crippen LogP contribution < -0.4 is 4.90 Å². The second-order valence-electron chi connectivity index (χ2n) is 6.27. The molecule has 0 bridgehead atoms. The standard InChI is InChI=1S/C24H17FN2O/c25-20-12-14-21(15-13-20)27-23(16-11-18-7-3-1-4-8-18)26-22(24(27)28)17-19-9-5-2-6-10-19/h1-17H/b16-11+,22-17-. The van der Waals surface area contributed by atoms with E-state index in [1.807, 2.05) is 66.7 Å². The Morgan fingerprint density at radius 1 is 0.750 bits per heavy atom. The van der Waals surface area contributed by atoms with E-state index < -0.39 is 0 Å². The largest absolute Gasteiger partial charge is 0.282 e. The molecule has 0 aliphatic carbocycles. The molecule has 0 aromatic heterocycles. The lowest BCUT2D eigenvalue weighted by atomic mass is 10.2. The van der Waals surface area contributed by atoms with Crippen LogP contribution in [-0.4, -0.2) is 11.7 Å². The second-order valence-corrected chi connectivity index (χ2v) is 6.27. The van der Waals surface area contributed by atoms with Crippen molar-refractivity contribution >= 4 is 29.6 Å². The van der Waals surface area contributed by atoms with Crippen LogP contribution in [-0.2, 0) is 4.79 Å². The topological polar surface area (TPSA) is 32.7 Å². The minimum atomic E-state index is -0.353. The van der Waals surface area contributed by atoms with Crippen molar-refractivity contribution in [2.24, 2.45) is 4.99 Å². The lowest BCUT2D eigenvalue weighted by molar-refractivity contribution is -0.113. The molecule has 1 aliphatic rings. The number of amides is 1. The number of anilines is 1. The number of aliphatic imine (C=N–C) groups is 1. The molecule has 3 aromatic rings. The Hall–Kier alpha value is -3.79. The number of hydrogen-bond acceptors (Lipinski definition) is 2. The van der Waals surface area contributed by atoms with Gasteiger partial charge in [0.1, 0.15) is 17.3 Å². The van der Waals surface area contributed by atoms with E-state index in [-0.39, 0.29) is 11.7 Å². The molecule has 1 aliphatic heterocycles. The lowest BCUT2D eigenvalue weighted by Crippen LogP contribution is -2.30. The molecule has 0 unspecified atom stereocenters. The summed E-state index contributed by atoms with van der Waals surface area (Å²) in [6.07, 6.45) is 5.44. The number of nitrogens with zero attached hydrogens (tertiary/aromatic N) is 2. The zero-order chi connectivity index (χ0) is 19.3. The Morgan fingerprint density at radius 3 is 2.00 bits per heavy atom. The minimum absolute atomic E-state index is 0.247. The van der Waals surface area contributed by atoms with Gasteiger partial charge < -0.3 is 0 Å². The summed E-state index contributed by atoms with van der Waals surface area (Å²) in [6, 6.07) is 25.1. The number of amidine groups is 1. The molecule has 3 aromatic carbocycles. The van der Waals surface area contributed by atoms with Crippen LogP contribution in [0.2, 0.25) is 0 Å². The van der Waals surface area contributed by atoms with Gasteiger partial charge in [0.2, 0.25) is 0 Å². The van der Waals surface area contributed by atoms with Crippen LogP contribution in [0.3, 0.4) is 0 Å². The van der Waals surface area contributed by atoms with Crippen molar-refractivity contribution in [3.8, 4) is 0 Å². The summed E-state index contributed by atoms with van der Waals surface area (Å²) in [5.41, 5.74) is 2.79. The third-order valence-electron chi connectivity index (χ3n) is 4.30. The summed E-state index contributed by atoms with van der Waals surface area (Å²) in [4.78, 5) is 19.1. The van der Waals surface area contributed by atoms with Crippen molar-refractivity contribution in [2.75, 3.05) is 4.90 Å². The van der Waals surface area contributed by atoms with E-state index in [9.17, 15) is 9.18 Å². The monoisotopic (exact) mass is 368 g/mol. The van der Waals surface area contributed by atoms with Crippen LogP contribution in [0, 0.1) is 5.82 Å². The molecule has 0 radical (unpaired) electrons. The third kappa shape index (κ3) is 3.81. The predicted octanol–water partition coefficient (Wildman–Crippen LogP) is 5.33. The van der Waals surface area contributed by atoms with E-state index in [1.54, 1.807) is 24.3 Å². The Kier molecular flexibility index (Phi) is 4.93. The number of hydrogen-bond donors (Lipinski definition) is 0. The molecule has 1 amide bonds. The number of carbonyl (C=O) groups is 1.